The third-order valence-electron chi connectivity index (χ3n) is 2.28. The molecule has 14 heavy (non-hydrogen) atoms. The van der Waals surface area contributed by atoms with Gasteiger partial charge in [0.1, 0.15) is 5.82 Å². The van der Waals surface area contributed by atoms with Crippen LogP contribution in [0, 0.1) is 0 Å². The normalized spacial score (nSPS) is 21.9. The van der Waals surface area contributed by atoms with E-state index in [0.717, 1.165) is 18.9 Å². The second-order valence-electron chi connectivity index (χ2n) is 3.43. The summed E-state index contributed by atoms with van der Waals surface area (Å²) < 4.78 is 0. The molecule has 0 saturated carbocycles. The molecule has 1 aromatic rings. The van der Waals surface area contributed by atoms with Crippen LogP contribution < -0.4 is 10.6 Å². The monoisotopic (exact) mass is 212 g/mol. The van der Waals surface area contributed by atoms with Gasteiger partial charge in [-0.2, -0.15) is 0 Å². The Labute approximate surface area is 88.1 Å². The van der Waals surface area contributed by atoms with Gasteiger partial charge in [-0.3, -0.25) is 0 Å². The van der Waals surface area contributed by atoms with Crippen LogP contribution in [0.2, 0.25) is 5.15 Å². The maximum atomic E-state index is 5.64. The summed E-state index contributed by atoms with van der Waals surface area (Å²) in [6, 6.07) is 4.05. The highest BCUT2D eigenvalue weighted by Gasteiger charge is 2.12. The largest absolute Gasteiger partial charge is 0.365 e. The van der Waals surface area contributed by atoms with Gasteiger partial charge in [0.05, 0.1) is 0 Å². The fourth-order valence-electron chi connectivity index (χ4n) is 1.58. The zero-order valence-electron chi connectivity index (χ0n) is 7.83. The molecule has 76 valence electrons. The van der Waals surface area contributed by atoms with E-state index in [2.05, 4.69) is 20.8 Å². The molecule has 0 spiro atoms. The van der Waals surface area contributed by atoms with Crippen molar-refractivity contribution >= 4 is 17.4 Å². The summed E-state index contributed by atoms with van der Waals surface area (Å²) in [5, 5.41) is 14.8. The van der Waals surface area contributed by atoms with E-state index in [0.29, 0.717) is 11.2 Å². The fourth-order valence-corrected chi connectivity index (χ4v) is 1.68. The van der Waals surface area contributed by atoms with Crippen molar-refractivity contribution in [3.05, 3.63) is 17.3 Å². The van der Waals surface area contributed by atoms with Crippen molar-refractivity contribution in [2.45, 2.75) is 18.9 Å². The molecule has 0 aromatic carbocycles. The molecule has 1 saturated heterocycles. The third-order valence-corrected chi connectivity index (χ3v) is 2.48. The highest BCUT2D eigenvalue weighted by atomic mass is 35.5. The zero-order valence-corrected chi connectivity index (χ0v) is 8.59. The topological polar surface area (TPSA) is 49.8 Å². The van der Waals surface area contributed by atoms with E-state index in [1.165, 1.54) is 12.8 Å². The summed E-state index contributed by atoms with van der Waals surface area (Å²) in [5.41, 5.74) is 0. The first kappa shape index (κ1) is 9.68. The van der Waals surface area contributed by atoms with Crippen molar-refractivity contribution in [3.63, 3.8) is 0 Å². The second kappa shape index (κ2) is 4.57. The van der Waals surface area contributed by atoms with Gasteiger partial charge in [0.2, 0.25) is 0 Å². The SMILES string of the molecule is Clc1ccc(N[C@H]2CCCNC2)nn1. The molecule has 1 aliphatic heterocycles. The Morgan fingerprint density at radius 2 is 2.36 bits per heavy atom. The van der Waals surface area contributed by atoms with Gasteiger partial charge < -0.3 is 10.6 Å². The number of nitrogens with zero attached hydrogens (tertiary/aromatic N) is 2. The molecular weight excluding hydrogens is 200 g/mol. The quantitative estimate of drug-likeness (QED) is 0.776. The molecule has 5 heteroatoms. The molecule has 2 N–H and O–H groups in total. The first-order chi connectivity index (χ1) is 6.84. The number of anilines is 1. The molecule has 2 rings (SSSR count). The van der Waals surface area contributed by atoms with Crippen LogP contribution in [0.15, 0.2) is 12.1 Å². The van der Waals surface area contributed by atoms with Gasteiger partial charge in [-0.15, -0.1) is 10.2 Å². The predicted molar refractivity (Wildman–Crippen MR) is 56.6 cm³/mol. The summed E-state index contributed by atoms with van der Waals surface area (Å²) in [4.78, 5) is 0. The van der Waals surface area contributed by atoms with Crippen LogP contribution in [0.3, 0.4) is 0 Å². The molecule has 4 nitrogen and oxygen atoms in total. The highest BCUT2D eigenvalue weighted by molar-refractivity contribution is 6.29. The third kappa shape index (κ3) is 2.56. The second-order valence-corrected chi connectivity index (χ2v) is 3.82. The van der Waals surface area contributed by atoms with Crippen molar-refractivity contribution in [3.8, 4) is 0 Å². The maximum Gasteiger partial charge on any atom is 0.151 e. The van der Waals surface area contributed by atoms with E-state index >= 15 is 0 Å². The number of nitrogens with one attached hydrogen (secondary N) is 2. The first-order valence-electron chi connectivity index (χ1n) is 4.81. The summed E-state index contributed by atoms with van der Waals surface area (Å²) in [6.07, 6.45) is 2.38. The van der Waals surface area contributed by atoms with Gasteiger partial charge in [-0.05, 0) is 31.5 Å². The Balaban J connectivity index is 1.92. The molecule has 0 radical (unpaired) electrons. The van der Waals surface area contributed by atoms with E-state index in [4.69, 9.17) is 11.6 Å². The lowest BCUT2D eigenvalue weighted by atomic mass is 10.1. The van der Waals surface area contributed by atoms with Crippen LogP contribution >= 0.6 is 11.6 Å². The zero-order chi connectivity index (χ0) is 9.80. The molecule has 2 heterocycles. The van der Waals surface area contributed by atoms with Crippen LogP contribution in [-0.4, -0.2) is 29.3 Å². The van der Waals surface area contributed by atoms with Gasteiger partial charge >= 0.3 is 0 Å². The molecule has 1 fully saturated rings. The smallest absolute Gasteiger partial charge is 0.151 e. The van der Waals surface area contributed by atoms with Gasteiger partial charge in [0.15, 0.2) is 5.15 Å². The molecule has 1 aliphatic rings. The van der Waals surface area contributed by atoms with E-state index < -0.39 is 0 Å². The number of rotatable bonds is 2. The predicted octanol–water partition coefficient (Wildman–Crippen LogP) is 1.29. The lowest BCUT2D eigenvalue weighted by molar-refractivity contribution is 0.478. The summed E-state index contributed by atoms with van der Waals surface area (Å²) in [5.74, 6) is 0.795. The minimum absolute atomic E-state index is 0.428. The van der Waals surface area contributed by atoms with E-state index in [-0.39, 0.29) is 0 Å². The van der Waals surface area contributed by atoms with Crippen molar-refractivity contribution in [1.82, 2.24) is 15.5 Å². The van der Waals surface area contributed by atoms with Crippen molar-refractivity contribution in [2.75, 3.05) is 18.4 Å². The minimum Gasteiger partial charge on any atom is -0.365 e. The number of piperidine rings is 1. The van der Waals surface area contributed by atoms with Crippen LogP contribution in [-0.2, 0) is 0 Å². The van der Waals surface area contributed by atoms with Crippen molar-refractivity contribution in [1.29, 1.82) is 0 Å². The molecule has 0 bridgehead atoms. The summed E-state index contributed by atoms with van der Waals surface area (Å²) >= 11 is 5.64. The molecular formula is C9H13ClN4. The average molecular weight is 213 g/mol. The van der Waals surface area contributed by atoms with Gasteiger partial charge in [-0.1, -0.05) is 11.6 Å². The van der Waals surface area contributed by atoms with E-state index in [9.17, 15) is 0 Å². The number of hydrogen-bond acceptors (Lipinski definition) is 4. The van der Waals surface area contributed by atoms with Crippen LogP contribution in [0.25, 0.3) is 0 Å². The average Bonchev–Trinajstić information content (AvgIpc) is 2.23. The Morgan fingerprint density at radius 1 is 1.43 bits per heavy atom. The Morgan fingerprint density at radius 3 is 3.00 bits per heavy atom. The first-order valence-corrected chi connectivity index (χ1v) is 5.19. The number of aromatic nitrogens is 2. The highest BCUT2D eigenvalue weighted by Crippen LogP contribution is 2.10. The number of halogens is 1. The fraction of sp³-hybridized carbons (Fsp3) is 0.556. The van der Waals surface area contributed by atoms with Gasteiger partial charge in [0, 0.05) is 12.6 Å². The standard InChI is InChI=1S/C9H13ClN4/c10-8-3-4-9(14-13-8)12-7-2-1-5-11-6-7/h3-4,7,11H,1-2,5-6H2,(H,12,14)/t7-/m0/s1. The van der Waals surface area contributed by atoms with Crippen LogP contribution in [0.4, 0.5) is 5.82 Å². The van der Waals surface area contributed by atoms with Crippen LogP contribution in [0.1, 0.15) is 12.8 Å². The van der Waals surface area contributed by atoms with Crippen LogP contribution in [0.5, 0.6) is 0 Å². The molecule has 1 atom stereocenters. The number of hydrogen-bond donors (Lipinski definition) is 2. The Bertz CT molecular complexity index is 281. The molecule has 0 unspecified atom stereocenters. The Kier molecular flexibility index (Phi) is 3.16. The molecule has 0 amide bonds. The lowest BCUT2D eigenvalue weighted by Gasteiger charge is -2.23. The summed E-state index contributed by atoms with van der Waals surface area (Å²) in [7, 11) is 0. The Hall–Kier alpha value is -0.870. The van der Waals surface area contributed by atoms with Gasteiger partial charge in [0.25, 0.3) is 0 Å². The minimum atomic E-state index is 0.428. The summed E-state index contributed by atoms with van der Waals surface area (Å²) in [6.45, 7) is 2.11. The van der Waals surface area contributed by atoms with E-state index in [1.807, 2.05) is 6.07 Å². The van der Waals surface area contributed by atoms with Gasteiger partial charge in [-0.25, -0.2) is 0 Å². The van der Waals surface area contributed by atoms with E-state index in [1.54, 1.807) is 6.07 Å². The van der Waals surface area contributed by atoms with Crippen molar-refractivity contribution < 1.29 is 0 Å². The van der Waals surface area contributed by atoms with Crippen molar-refractivity contribution in [2.24, 2.45) is 0 Å². The lowest BCUT2D eigenvalue weighted by Crippen LogP contribution is -2.38. The molecule has 1 aromatic heterocycles. The maximum absolute atomic E-state index is 5.64. The molecule has 0 aliphatic carbocycles.